The number of benzene rings is 2. The zero-order chi connectivity index (χ0) is 16.2. The maximum Gasteiger partial charge on any atom is 0.223 e. The molecule has 120 valence electrons. The maximum absolute atomic E-state index is 13.2. The smallest absolute Gasteiger partial charge is 0.223 e. The Kier molecular flexibility index (Phi) is 4.72. The van der Waals surface area contributed by atoms with E-state index in [1.54, 1.807) is 12.1 Å². The SMILES string of the molecule is CC(C(=O)NC(c1ccccc1)c1ccc(F)cc1)C1CNC1. The fourth-order valence-electron chi connectivity index (χ4n) is 2.81. The first-order valence-electron chi connectivity index (χ1n) is 7.96. The number of hydrogen-bond donors (Lipinski definition) is 2. The molecule has 3 rings (SSSR count). The summed E-state index contributed by atoms with van der Waals surface area (Å²) in [5, 5.41) is 6.33. The van der Waals surface area contributed by atoms with Crippen molar-refractivity contribution in [3.63, 3.8) is 0 Å². The largest absolute Gasteiger partial charge is 0.345 e. The quantitative estimate of drug-likeness (QED) is 0.891. The fraction of sp³-hybridized carbons (Fsp3) is 0.316. The zero-order valence-corrected chi connectivity index (χ0v) is 13.1. The van der Waals surface area contributed by atoms with Crippen LogP contribution in [0.15, 0.2) is 54.6 Å². The third-order valence-corrected chi connectivity index (χ3v) is 4.56. The minimum absolute atomic E-state index is 0.0367. The molecule has 0 radical (unpaired) electrons. The Bertz CT molecular complexity index is 653. The number of halogens is 1. The molecule has 2 N–H and O–H groups in total. The lowest BCUT2D eigenvalue weighted by Crippen LogP contribution is -2.50. The van der Waals surface area contributed by atoms with E-state index in [4.69, 9.17) is 0 Å². The molecule has 0 aromatic heterocycles. The Morgan fingerprint density at radius 2 is 1.70 bits per heavy atom. The molecule has 2 unspecified atom stereocenters. The third-order valence-electron chi connectivity index (χ3n) is 4.56. The number of amides is 1. The Labute approximate surface area is 135 Å². The lowest BCUT2D eigenvalue weighted by atomic mass is 9.87. The van der Waals surface area contributed by atoms with Crippen LogP contribution in [-0.4, -0.2) is 19.0 Å². The van der Waals surface area contributed by atoms with Crippen molar-refractivity contribution in [3.05, 3.63) is 71.5 Å². The van der Waals surface area contributed by atoms with E-state index in [9.17, 15) is 9.18 Å². The molecular formula is C19H21FN2O. The molecule has 1 aliphatic rings. The summed E-state index contributed by atoms with van der Waals surface area (Å²) in [6, 6.07) is 15.8. The van der Waals surface area contributed by atoms with Crippen molar-refractivity contribution in [1.82, 2.24) is 10.6 Å². The normalized spacial score (nSPS) is 17.1. The van der Waals surface area contributed by atoms with Crippen molar-refractivity contribution in [2.24, 2.45) is 11.8 Å². The number of carbonyl (C=O) groups excluding carboxylic acids is 1. The molecule has 0 bridgehead atoms. The molecule has 4 heteroatoms. The van der Waals surface area contributed by atoms with Gasteiger partial charge in [-0.3, -0.25) is 4.79 Å². The summed E-state index contributed by atoms with van der Waals surface area (Å²) in [5.41, 5.74) is 1.87. The van der Waals surface area contributed by atoms with Gasteiger partial charge in [0.1, 0.15) is 5.82 Å². The van der Waals surface area contributed by atoms with Crippen molar-refractivity contribution < 1.29 is 9.18 Å². The summed E-state index contributed by atoms with van der Waals surface area (Å²) in [6.45, 7) is 3.75. The number of hydrogen-bond acceptors (Lipinski definition) is 2. The molecule has 1 fully saturated rings. The molecule has 3 nitrogen and oxygen atoms in total. The van der Waals surface area contributed by atoms with Gasteiger partial charge in [0.15, 0.2) is 0 Å². The van der Waals surface area contributed by atoms with E-state index >= 15 is 0 Å². The maximum atomic E-state index is 13.2. The van der Waals surface area contributed by atoms with Crippen LogP contribution in [0, 0.1) is 17.7 Å². The highest BCUT2D eigenvalue weighted by atomic mass is 19.1. The van der Waals surface area contributed by atoms with Gasteiger partial charge in [0.05, 0.1) is 6.04 Å². The van der Waals surface area contributed by atoms with E-state index in [2.05, 4.69) is 10.6 Å². The Morgan fingerprint density at radius 3 is 2.26 bits per heavy atom. The lowest BCUT2D eigenvalue weighted by molar-refractivity contribution is -0.127. The minimum atomic E-state index is -0.277. The Balaban J connectivity index is 1.83. The predicted molar refractivity (Wildman–Crippen MR) is 88.4 cm³/mol. The molecule has 1 aliphatic heterocycles. The Morgan fingerprint density at radius 1 is 1.09 bits per heavy atom. The molecule has 23 heavy (non-hydrogen) atoms. The second-order valence-corrected chi connectivity index (χ2v) is 6.11. The van der Waals surface area contributed by atoms with Gasteiger partial charge in [-0.1, -0.05) is 49.4 Å². The number of rotatable bonds is 5. The van der Waals surface area contributed by atoms with Gasteiger partial charge in [0.2, 0.25) is 5.91 Å². The molecule has 1 saturated heterocycles. The van der Waals surface area contributed by atoms with E-state index in [1.165, 1.54) is 12.1 Å². The van der Waals surface area contributed by atoms with Crippen LogP contribution in [0.3, 0.4) is 0 Å². The van der Waals surface area contributed by atoms with Crippen molar-refractivity contribution in [3.8, 4) is 0 Å². The first kappa shape index (κ1) is 15.7. The van der Waals surface area contributed by atoms with Crippen LogP contribution in [0.5, 0.6) is 0 Å². The van der Waals surface area contributed by atoms with Crippen LogP contribution in [0.25, 0.3) is 0 Å². The van der Waals surface area contributed by atoms with Crippen LogP contribution >= 0.6 is 0 Å². The molecule has 0 spiro atoms. The van der Waals surface area contributed by atoms with Crippen molar-refractivity contribution in [2.45, 2.75) is 13.0 Å². The topological polar surface area (TPSA) is 41.1 Å². The van der Waals surface area contributed by atoms with Gasteiger partial charge in [-0.2, -0.15) is 0 Å². The van der Waals surface area contributed by atoms with E-state index in [0.29, 0.717) is 5.92 Å². The van der Waals surface area contributed by atoms with Gasteiger partial charge in [0, 0.05) is 5.92 Å². The molecule has 0 saturated carbocycles. The average Bonchev–Trinajstić information content (AvgIpc) is 2.52. The van der Waals surface area contributed by atoms with Crippen LogP contribution < -0.4 is 10.6 Å². The highest BCUT2D eigenvalue weighted by Gasteiger charge is 2.30. The van der Waals surface area contributed by atoms with E-state index < -0.39 is 0 Å². The molecule has 2 atom stereocenters. The summed E-state index contributed by atoms with van der Waals surface area (Å²) >= 11 is 0. The minimum Gasteiger partial charge on any atom is -0.345 e. The first-order chi connectivity index (χ1) is 11.1. The van der Waals surface area contributed by atoms with Crippen LogP contribution in [0.2, 0.25) is 0 Å². The zero-order valence-electron chi connectivity index (χ0n) is 13.1. The van der Waals surface area contributed by atoms with E-state index in [-0.39, 0.29) is 23.7 Å². The first-order valence-corrected chi connectivity index (χ1v) is 7.96. The summed E-state index contributed by atoms with van der Waals surface area (Å²) in [6.07, 6.45) is 0. The van der Waals surface area contributed by atoms with Crippen LogP contribution in [0.4, 0.5) is 4.39 Å². The summed E-state index contributed by atoms with van der Waals surface area (Å²) in [7, 11) is 0. The molecule has 0 aliphatic carbocycles. The van der Waals surface area contributed by atoms with Crippen LogP contribution in [-0.2, 0) is 4.79 Å². The van der Waals surface area contributed by atoms with Crippen molar-refractivity contribution >= 4 is 5.91 Å². The van der Waals surface area contributed by atoms with Crippen molar-refractivity contribution in [1.29, 1.82) is 0 Å². The van der Waals surface area contributed by atoms with Crippen LogP contribution in [0.1, 0.15) is 24.1 Å². The molecule has 2 aromatic carbocycles. The highest BCUT2D eigenvalue weighted by Crippen LogP contribution is 2.24. The average molecular weight is 312 g/mol. The summed E-state index contributed by atoms with van der Waals surface area (Å²) < 4.78 is 13.2. The van der Waals surface area contributed by atoms with Gasteiger partial charge >= 0.3 is 0 Å². The fourth-order valence-corrected chi connectivity index (χ4v) is 2.81. The van der Waals surface area contributed by atoms with Gasteiger partial charge in [-0.05, 0) is 42.3 Å². The van der Waals surface area contributed by atoms with Gasteiger partial charge < -0.3 is 10.6 Å². The molecular weight excluding hydrogens is 291 g/mol. The second kappa shape index (κ2) is 6.92. The van der Waals surface area contributed by atoms with Gasteiger partial charge in [0.25, 0.3) is 0 Å². The molecule has 1 amide bonds. The number of nitrogens with one attached hydrogen (secondary N) is 2. The predicted octanol–water partition coefficient (Wildman–Crippen LogP) is 2.89. The summed E-state index contributed by atoms with van der Waals surface area (Å²) in [4.78, 5) is 12.6. The standard InChI is InChI=1S/C19H21FN2O/c1-13(16-11-21-12-16)19(23)22-18(14-5-3-2-4-6-14)15-7-9-17(20)10-8-15/h2-10,13,16,18,21H,11-12H2,1H3,(H,22,23). The van der Waals surface area contributed by atoms with Gasteiger partial charge in [-0.15, -0.1) is 0 Å². The third kappa shape index (κ3) is 3.59. The molecule has 2 aromatic rings. The van der Waals surface area contributed by atoms with E-state index in [1.807, 2.05) is 37.3 Å². The van der Waals surface area contributed by atoms with E-state index in [0.717, 1.165) is 24.2 Å². The number of carbonyl (C=O) groups is 1. The second-order valence-electron chi connectivity index (χ2n) is 6.11. The molecule has 1 heterocycles. The summed E-state index contributed by atoms with van der Waals surface area (Å²) in [5.74, 6) is 0.109. The van der Waals surface area contributed by atoms with Gasteiger partial charge in [-0.25, -0.2) is 4.39 Å². The monoisotopic (exact) mass is 312 g/mol. The Hall–Kier alpha value is -2.20. The van der Waals surface area contributed by atoms with Crippen molar-refractivity contribution in [2.75, 3.05) is 13.1 Å². The highest BCUT2D eigenvalue weighted by molar-refractivity contribution is 5.79. The lowest BCUT2D eigenvalue weighted by Gasteiger charge is -2.33.